The number of amides is 1. The number of aromatic nitrogens is 1. The van der Waals surface area contributed by atoms with Gasteiger partial charge < -0.3 is 15.8 Å². The maximum Gasteiger partial charge on any atom is 0.251 e. The van der Waals surface area contributed by atoms with Gasteiger partial charge in [-0.15, -0.1) is 0 Å². The van der Waals surface area contributed by atoms with Gasteiger partial charge in [-0.1, -0.05) is 18.2 Å². The van der Waals surface area contributed by atoms with Crippen molar-refractivity contribution in [3.8, 4) is 5.75 Å². The highest BCUT2D eigenvalue weighted by Crippen LogP contribution is 2.27. The number of carbonyl (C=O) groups excluding carboxylic acids is 1. The fraction of sp³-hybridized carbons (Fsp3) is 0.250. The molecule has 5 heteroatoms. The number of hydrogen-bond acceptors (Lipinski definition) is 4. The molecule has 2 heterocycles. The quantitative estimate of drug-likeness (QED) is 0.899. The summed E-state index contributed by atoms with van der Waals surface area (Å²) >= 11 is 0. The van der Waals surface area contributed by atoms with Crippen molar-refractivity contribution in [3.63, 3.8) is 0 Å². The van der Waals surface area contributed by atoms with Crippen molar-refractivity contribution in [1.29, 1.82) is 0 Å². The monoisotopic (exact) mass is 283 g/mol. The Kier molecular flexibility index (Phi) is 3.48. The minimum absolute atomic E-state index is 0.0216. The van der Waals surface area contributed by atoms with E-state index in [2.05, 4.69) is 10.3 Å². The van der Waals surface area contributed by atoms with E-state index in [9.17, 15) is 4.79 Å². The van der Waals surface area contributed by atoms with Crippen LogP contribution in [0.15, 0.2) is 36.4 Å². The zero-order valence-corrected chi connectivity index (χ0v) is 11.8. The topological polar surface area (TPSA) is 77.2 Å². The molecule has 1 aromatic heterocycles. The first-order valence-electron chi connectivity index (χ1n) is 6.89. The predicted molar refractivity (Wildman–Crippen MR) is 80.3 cm³/mol. The molecule has 21 heavy (non-hydrogen) atoms. The number of pyridine rings is 1. The summed E-state index contributed by atoms with van der Waals surface area (Å²) in [6.45, 7) is 2.28. The molecule has 3 rings (SSSR count). The van der Waals surface area contributed by atoms with Crippen LogP contribution in [0.25, 0.3) is 0 Å². The Morgan fingerprint density at radius 3 is 3.00 bits per heavy atom. The number of nitrogen functional groups attached to an aromatic ring is 1. The number of aryl methyl sites for hydroxylation is 1. The predicted octanol–water partition coefficient (Wildman–Crippen LogP) is 1.71. The lowest BCUT2D eigenvalue weighted by atomic mass is 10.1. The van der Waals surface area contributed by atoms with E-state index in [1.807, 2.05) is 31.2 Å². The van der Waals surface area contributed by atoms with Crippen LogP contribution in [-0.4, -0.2) is 23.5 Å². The zero-order chi connectivity index (χ0) is 14.8. The zero-order valence-electron chi connectivity index (χ0n) is 11.8. The summed E-state index contributed by atoms with van der Waals surface area (Å²) < 4.78 is 5.79. The van der Waals surface area contributed by atoms with Crippen molar-refractivity contribution in [2.75, 3.05) is 12.3 Å². The van der Waals surface area contributed by atoms with E-state index in [1.54, 1.807) is 12.1 Å². The van der Waals surface area contributed by atoms with Gasteiger partial charge in [0.15, 0.2) is 0 Å². The number of para-hydroxylation sites is 1. The van der Waals surface area contributed by atoms with Crippen LogP contribution in [0.2, 0.25) is 0 Å². The van der Waals surface area contributed by atoms with Crippen molar-refractivity contribution in [2.45, 2.75) is 19.4 Å². The number of carbonyl (C=O) groups is 1. The smallest absolute Gasteiger partial charge is 0.251 e. The summed E-state index contributed by atoms with van der Waals surface area (Å²) in [4.78, 5) is 16.2. The molecule has 0 fully saturated rings. The molecular formula is C16H17N3O2. The molecule has 0 spiro atoms. The van der Waals surface area contributed by atoms with E-state index in [0.29, 0.717) is 17.9 Å². The van der Waals surface area contributed by atoms with Crippen molar-refractivity contribution in [2.24, 2.45) is 0 Å². The van der Waals surface area contributed by atoms with Crippen LogP contribution in [-0.2, 0) is 6.42 Å². The van der Waals surface area contributed by atoms with Gasteiger partial charge in [-0.25, -0.2) is 4.98 Å². The van der Waals surface area contributed by atoms with Crippen molar-refractivity contribution < 1.29 is 9.53 Å². The summed E-state index contributed by atoms with van der Waals surface area (Å²) in [5.41, 5.74) is 8.09. The summed E-state index contributed by atoms with van der Waals surface area (Å²) in [7, 11) is 0. The van der Waals surface area contributed by atoms with Crippen LogP contribution >= 0.6 is 0 Å². The third-order valence-corrected chi connectivity index (χ3v) is 3.44. The second kappa shape index (κ2) is 5.44. The highest BCUT2D eigenvalue weighted by Gasteiger charge is 2.22. The van der Waals surface area contributed by atoms with Gasteiger partial charge in [-0.3, -0.25) is 4.79 Å². The van der Waals surface area contributed by atoms with E-state index in [0.717, 1.165) is 17.9 Å². The highest BCUT2D eigenvalue weighted by molar-refractivity contribution is 5.94. The molecule has 1 aliphatic heterocycles. The number of nitrogens with one attached hydrogen (secondary N) is 1. The Bertz CT molecular complexity index is 640. The third kappa shape index (κ3) is 2.97. The molecule has 0 radical (unpaired) electrons. The normalized spacial score (nSPS) is 16.1. The van der Waals surface area contributed by atoms with Crippen molar-refractivity contribution in [1.82, 2.24) is 10.3 Å². The highest BCUT2D eigenvalue weighted by atomic mass is 16.5. The van der Waals surface area contributed by atoms with Crippen LogP contribution < -0.4 is 15.8 Å². The van der Waals surface area contributed by atoms with Crippen LogP contribution in [0, 0.1) is 6.92 Å². The number of ether oxygens (including phenoxy) is 1. The molecule has 0 saturated heterocycles. The Labute approximate surface area is 123 Å². The van der Waals surface area contributed by atoms with Gasteiger partial charge in [0.2, 0.25) is 0 Å². The molecule has 1 aromatic carbocycles. The van der Waals surface area contributed by atoms with Crippen molar-refractivity contribution >= 4 is 11.7 Å². The lowest BCUT2D eigenvalue weighted by Gasteiger charge is -2.12. The Morgan fingerprint density at radius 1 is 1.43 bits per heavy atom. The van der Waals surface area contributed by atoms with Crippen LogP contribution in [0.3, 0.4) is 0 Å². The Hall–Kier alpha value is -2.56. The lowest BCUT2D eigenvalue weighted by Crippen LogP contribution is -2.34. The van der Waals surface area contributed by atoms with Gasteiger partial charge in [0.05, 0.1) is 6.54 Å². The summed E-state index contributed by atoms with van der Waals surface area (Å²) in [6.07, 6.45) is 0.792. The minimum atomic E-state index is -0.160. The van der Waals surface area contributed by atoms with Gasteiger partial charge in [0.1, 0.15) is 17.7 Å². The van der Waals surface area contributed by atoms with Gasteiger partial charge >= 0.3 is 0 Å². The summed E-state index contributed by atoms with van der Waals surface area (Å²) in [5.74, 6) is 1.09. The fourth-order valence-corrected chi connectivity index (χ4v) is 2.50. The number of anilines is 1. The first-order chi connectivity index (χ1) is 10.1. The molecule has 0 saturated carbocycles. The molecule has 1 amide bonds. The minimum Gasteiger partial charge on any atom is -0.488 e. The van der Waals surface area contributed by atoms with E-state index in [-0.39, 0.29) is 12.0 Å². The molecule has 0 bridgehead atoms. The largest absolute Gasteiger partial charge is 0.488 e. The number of rotatable bonds is 3. The average Bonchev–Trinajstić information content (AvgIpc) is 2.86. The molecule has 5 nitrogen and oxygen atoms in total. The maximum absolute atomic E-state index is 12.1. The lowest BCUT2D eigenvalue weighted by molar-refractivity contribution is 0.0933. The fourth-order valence-electron chi connectivity index (χ4n) is 2.50. The van der Waals surface area contributed by atoms with Gasteiger partial charge in [-0.05, 0) is 30.7 Å². The Balaban J connectivity index is 1.60. The Morgan fingerprint density at radius 2 is 2.24 bits per heavy atom. The number of hydrogen-bond donors (Lipinski definition) is 2. The van der Waals surface area contributed by atoms with Gasteiger partial charge in [0.25, 0.3) is 5.91 Å². The standard InChI is InChI=1S/C16H17N3O2/c1-10-6-12(8-15(17)19-10)16(20)18-9-13-7-11-4-2-3-5-14(11)21-13/h2-6,8,13H,7,9H2,1H3,(H2,17,19)(H,18,20). The molecule has 1 unspecified atom stereocenters. The van der Waals surface area contributed by atoms with E-state index in [4.69, 9.17) is 10.5 Å². The molecule has 108 valence electrons. The van der Waals surface area contributed by atoms with E-state index in [1.165, 1.54) is 5.56 Å². The van der Waals surface area contributed by atoms with Gasteiger partial charge in [-0.2, -0.15) is 0 Å². The number of nitrogens with zero attached hydrogens (tertiary/aromatic N) is 1. The van der Waals surface area contributed by atoms with Crippen molar-refractivity contribution in [3.05, 3.63) is 53.2 Å². The molecule has 3 N–H and O–H groups in total. The summed E-state index contributed by atoms with van der Waals surface area (Å²) in [6, 6.07) is 11.2. The summed E-state index contributed by atoms with van der Waals surface area (Å²) in [5, 5.41) is 2.88. The molecule has 0 aliphatic carbocycles. The SMILES string of the molecule is Cc1cc(C(=O)NCC2Cc3ccccc3O2)cc(N)n1. The number of fused-ring (bicyclic) bond motifs is 1. The molecule has 1 aliphatic rings. The van der Waals surface area contributed by atoms with E-state index < -0.39 is 0 Å². The number of benzene rings is 1. The average molecular weight is 283 g/mol. The second-order valence-corrected chi connectivity index (χ2v) is 5.18. The molecular weight excluding hydrogens is 266 g/mol. The maximum atomic E-state index is 12.1. The van der Waals surface area contributed by atoms with Crippen LogP contribution in [0.5, 0.6) is 5.75 Å². The van der Waals surface area contributed by atoms with Gasteiger partial charge in [0, 0.05) is 17.7 Å². The van der Waals surface area contributed by atoms with E-state index >= 15 is 0 Å². The first kappa shape index (κ1) is 13.4. The molecule has 2 aromatic rings. The van der Waals surface area contributed by atoms with Crippen LogP contribution in [0.1, 0.15) is 21.6 Å². The first-order valence-corrected chi connectivity index (χ1v) is 6.89. The third-order valence-electron chi connectivity index (χ3n) is 3.44. The van der Waals surface area contributed by atoms with Crippen LogP contribution in [0.4, 0.5) is 5.82 Å². The number of nitrogens with two attached hydrogens (primary N) is 1. The molecule has 1 atom stereocenters. The second-order valence-electron chi connectivity index (χ2n) is 5.18.